The Morgan fingerprint density at radius 1 is 1.43 bits per heavy atom. The number of H-pyrrole nitrogens is 1. The number of carbonyl (C=O) groups is 1. The van der Waals surface area contributed by atoms with Crippen molar-refractivity contribution in [1.29, 1.82) is 0 Å². The van der Waals surface area contributed by atoms with Crippen LogP contribution in [0, 0.1) is 0 Å². The lowest BCUT2D eigenvalue weighted by Crippen LogP contribution is -2.27. The highest BCUT2D eigenvalue weighted by atomic mass is 32.1. The van der Waals surface area contributed by atoms with E-state index in [0.717, 1.165) is 15.2 Å². The fourth-order valence-corrected chi connectivity index (χ4v) is 3.02. The Hall–Kier alpha value is -2.28. The van der Waals surface area contributed by atoms with Gasteiger partial charge in [0.15, 0.2) is 0 Å². The van der Waals surface area contributed by atoms with Crippen LogP contribution in [0.15, 0.2) is 30.6 Å². The summed E-state index contributed by atoms with van der Waals surface area (Å²) in [5.41, 5.74) is 0.993. The Balaban J connectivity index is 1.56. The third kappa shape index (κ3) is 3.25. The second-order valence-electron chi connectivity index (χ2n) is 4.74. The summed E-state index contributed by atoms with van der Waals surface area (Å²) in [6.07, 6.45) is 2.49. The number of nitrogens with one attached hydrogen (secondary N) is 2. The topological polar surface area (TPSA) is 83.6 Å². The molecule has 1 aromatic carbocycles. The summed E-state index contributed by atoms with van der Waals surface area (Å²) >= 11 is 1.64. The van der Waals surface area contributed by atoms with Gasteiger partial charge in [0, 0.05) is 12.8 Å². The van der Waals surface area contributed by atoms with Crippen molar-refractivity contribution in [2.24, 2.45) is 0 Å². The van der Waals surface area contributed by atoms with E-state index < -0.39 is 0 Å². The van der Waals surface area contributed by atoms with Crippen molar-refractivity contribution in [1.82, 2.24) is 25.5 Å². The number of aromatic nitrogens is 4. The van der Waals surface area contributed by atoms with Gasteiger partial charge in [0.2, 0.25) is 5.91 Å². The molecular weight excluding hydrogens is 286 g/mol. The van der Waals surface area contributed by atoms with Crippen LogP contribution in [0.1, 0.15) is 30.2 Å². The summed E-state index contributed by atoms with van der Waals surface area (Å²) in [5.74, 6) is 0.640. The molecule has 2 aromatic heterocycles. The molecule has 0 aliphatic rings. The average Bonchev–Trinajstić information content (AvgIpc) is 3.14. The molecule has 7 heteroatoms. The third-order valence-corrected chi connectivity index (χ3v) is 4.22. The standard InChI is InChI=1S/C14H15N5OS/c1-9(14-15-8-16-19-14)17-12(20)6-7-13-18-10-4-2-3-5-11(10)21-13/h2-5,8-9H,6-7H2,1H3,(H,17,20)(H,15,16,19). The van der Waals surface area contributed by atoms with Gasteiger partial charge in [-0.25, -0.2) is 9.97 Å². The summed E-state index contributed by atoms with van der Waals surface area (Å²) < 4.78 is 1.16. The van der Waals surface area contributed by atoms with E-state index in [1.807, 2.05) is 31.2 Å². The van der Waals surface area contributed by atoms with Gasteiger partial charge in [-0.05, 0) is 19.1 Å². The molecule has 6 nitrogen and oxygen atoms in total. The molecule has 0 radical (unpaired) electrons. The average molecular weight is 301 g/mol. The minimum atomic E-state index is -0.171. The maximum Gasteiger partial charge on any atom is 0.220 e. The molecule has 0 saturated heterocycles. The van der Waals surface area contributed by atoms with Crippen molar-refractivity contribution in [3.05, 3.63) is 41.4 Å². The molecule has 1 amide bonds. The summed E-state index contributed by atoms with van der Waals surface area (Å²) in [6, 6.07) is 7.83. The molecule has 0 spiro atoms. The molecule has 3 aromatic rings. The van der Waals surface area contributed by atoms with Crippen LogP contribution in [0.3, 0.4) is 0 Å². The van der Waals surface area contributed by atoms with Crippen molar-refractivity contribution >= 4 is 27.5 Å². The minimum Gasteiger partial charge on any atom is -0.346 e. The first-order chi connectivity index (χ1) is 10.2. The van der Waals surface area contributed by atoms with E-state index >= 15 is 0 Å². The number of fused-ring (bicyclic) bond motifs is 1. The molecule has 0 aliphatic heterocycles. The first-order valence-corrected chi connectivity index (χ1v) is 7.53. The zero-order chi connectivity index (χ0) is 14.7. The Labute approximate surface area is 125 Å². The Bertz CT molecular complexity index is 704. The number of aromatic amines is 1. The number of carbonyl (C=O) groups excluding carboxylic acids is 1. The highest BCUT2D eigenvalue weighted by molar-refractivity contribution is 7.18. The number of thiazole rings is 1. The molecule has 3 rings (SSSR count). The number of nitrogens with zero attached hydrogens (tertiary/aromatic N) is 3. The third-order valence-electron chi connectivity index (χ3n) is 3.13. The molecule has 1 unspecified atom stereocenters. The van der Waals surface area contributed by atoms with Crippen LogP contribution in [-0.4, -0.2) is 26.1 Å². The first kappa shape index (κ1) is 13.7. The van der Waals surface area contributed by atoms with E-state index in [0.29, 0.717) is 18.7 Å². The number of aryl methyl sites for hydroxylation is 1. The molecular formula is C14H15N5OS. The predicted molar refractivity (Wildman–Crippen MR) is 80.9 cm³/mol. The monoisotopic (exact) mass is 301 g/mol. The molecule has 0 saturated carbocycles. The number of rotatable bonds is 5. The lowest BCUT2D eigenvalue weighted by atomic mass is 10.2. The van der Waals surface area contributed by atoms with Crippen molar-refractivity contribution in [3.63, 3.8) is 0 Å². The van der Waals surface area contributed by atoms with Gasteiger partial charge >= 0.3 is 0 Å². The van der Waals surface area contributed by atoms with Crippen molar-refractivity contribution in [3.8, 4) is 0 Å². The van der Waals surface area contributed by atoms with Crippen LogP contribution in [0.4, 0.5) is 0 Å². The number of hydrogen-bond donors (Lipinski definition) is 2. The quantitative estimate of drug-likeness (QED) is 0.757. The number of para-hydroxylation sites is 1. The maximum atomic E-state index is 11.9. The van der Waals surface area contributed by atoms with Gasteiger partial charge in [0.05, 0.1) is 21.3 Å². The first-order valence-electron chi connectivity index (χ1n) is 6.71. The smallest absolute Gasteiger partial charge is 0.220 e. The van der Waals surface area contributed by atoms with Gasteiger partial charge in [-0.15, -0.1) is 11.3 Å². The predicted octanol–water partition coefficient (Wildman–Crippen LogP) is 2.22. The zero-order valence-electron chi connectivity index (χ0n) is 11.5. The van der Waals surface area contributed by atoms with Crippen LogP contribution in [0.25, 0.3) is 10.2 Å². The van der Waals surface area contributed by atoms with E-state index in [4.69, 9.17) is 0 Å². The number of benzene rings is 1. The molecule has 2 N–H and O–H groups in total. The summed E-state index contributed by atoms with van der Waals surface area (Å²) in [4.78, 5) is 20.5. The fraction of sp³-hybridized carbons (Fsp3) is 0.286. The molecule has 0 aliphatic carbocycles. The zero-order valence-corrected chi connectivity index (χ0v) is 12.4. The second kappa shape index (κ2) is 6.01. The SMILES string of the molecule is CC(NC(=O)CCc1nc2ccccc2s1)c1ncn[nH]1. The Morgan fingerprint density at radius 2 is 2.29 bits per heavy atom. The van der Waals surface area contributed by atoms with Crippen molar-refractivity contribution in [2.45, 2.75) is 25.8 Å². The van der Waals surface area contributed by atoms with Crippen LogP contribution < -0.4 is 5.32 Å². The Kier molecular flexibility index (Phi) is 3.92. The normalized spacial score (nSPS) is 12.4. The second-order valence-corrected chi connectivity index (χ2v) is 5.85. The Morgan fingerprint density at radius 3 is 3.05 bits per heavy atom. The van der Waals surface area contributed by atoms with Crippen LogP contribution >= 0.6 is 11.3 Å². The molecule has 0 fully saturated rings. The van der Waals surface area contributed by atoms with Crippen LogP contribution in [0.2, 0.25) is 0 Å². The maximum absolute atomic E-state index is 11.9. The molecule has 108 valence electrons. The number of hydrogen-bond acceptors (Lipinski definition) is 5. The van der Waals surface area contributed by atoms with Gasteiger partial charge in [-0.3, -0.25) is 9.89 Å². The summed E-state index contributed by atoms with van der Waals surface area (Å²) in [6.45, 7) is 1.87. The summed E-state index contributed by atoms with van der Waals surface area (Å²) in [7, 11) is 0. The van der Waals surface area contributed by atoms with Gasteiger partial charge < -0.3 is 5.32 Å². The fourth-order valence-electron chi connectivity index (χ4n) is 2.05. The molecule has 2 heterocycles. The number of amides is 1. The largest absolute Gasteiger partial charge is 0.346 e. The molecule has 0 bridgehead atoms. The van der Waals surface area contributed by atoms with E-state index in [-0.39, 0.29) is 11.9 Å². The van der Waals surface area contributed by atoms with Crippen molar-refractivity contribution < 1.29 is 4.79 Å². The lowest BCUT2D eigenvalue weighted by molar-refractivity contribution is -0.121. The van der Waals surface area contributed by atoms with Gasteiger partial charge in [0.1, 0.15) is 12.2 Å². The highest BCUT2D eigenvalue weighted by Crippen LogP contribution is 2.22. The van der Waals surface area contributed by atoms with Crippen LogP contribution in [-0.2, 0) is 11.2 Å². The molecule has 21 heavy (non-hydrogen) atoms. The highest BCUT2D eigenvalue weighted by Gasteiger charge is 2.12. The van der Waals surface area contributed by atoms with E-state index in [2.05, 4.69) is 25.5 Å². The van der Waals surface area contributed by atoms with E-state index in [1.54, 1.807) is 11.3 Å². The van der Waals surface area contributed by atoms with Gasteiger partial charge in [-0.1, -0.05) is 12.1 Å². The van der Waals surface area contributed by atoms with Crippen LogP contribution in [0.5, 0.6) is 0 Å². The summed E-state index contributed by atoms with van der Waals surface area (Å²) in [5, 5.41) is 10.4. The van der Waals surface area contributed by atoms with Crippen molar-refractivity contribution in [2.75, 3.05) is 0 Å². The molecule has 1 atom stereocenters. The van der Waals surface area contributed by atoms with Gasteiger partial charge in [0.25, 0.3) is 0 Å². The minimum absolute atomic E-state index is 0.0156. The van der Waals surface area contributed by atoms with Gasteiger partial charge in [-0.2, -0.15) is 5.10 Å². The lowest BCUT2D eigenvalue weighted by Gasteiger charge is -2.10. The van der Waals surface area contributed by atoms with E-state index in [1.165, 1.54) is 6.33 Å². The van der Waals surface area contributed by atoms with E-state index in [9.17, 15) is 4.79 Å².